The Balaban J connectivity index is 0.000000442. The number of fused-ring (bicyclic) bond motifs is 1. The molecule has 1 aliphatic rings. The van der Waals surface area contributed by atoms with Gasteiger partial charge in [-0.3, -0.25) is 4.68 Å². The second-order valence-corrected chi connectivity index (χ2v) is 3.46. The van der Waals surface area contributed by atoms with Crippen LogP contribution in [0.15, 0.2) is 6.07 Å². The Morgan fingerprint density at radius 2 is 1.87 bits per heavy atom. The highest BCUT2D eigenvalue weighted by Gasteiger charge is 2.16. The molecular weight excluding hydrogens is 184 g/mol. The minimum absolute atomic E-state index is 0.618. The lowest BCUT2D eigenvalue weighted by Crippen LogP contribution is -2.15. The van der Waals surface area contributed by atoms with Gasteiger partial charge in [0.05, 0.1) is 5.69 Å². The molecule has 0 spiro atoms. The van der Waals surface area contributed by atoms with Crippen molar-refractivity contribution in [2.24, 2.45) is 0 Å². The Kier molecular flexibility index (Phi) is 7.10. The Bertz CT molecular complexity index is 263. The summed E-state index contributed by atoms with van der Waals surface area (Å²) in [5.41, 5.74) is 2.58. The molecule has 15 heavy (non-hydrogen) atoms. The van der Waals surface area contributed by atoms with Crippen molar-refractivity contribution in [3.63, 3.8) is 0 Å². The summed E-state index contributed by atoms with van der Waals surface area (Å²) < 4.78 is 2.18. The van der Waals surface area contributed by atoms with Gasteiger partial charge in [0, 0.05) is 11.7 Å². The molecule has 0 aliphatic carbocycles. The van der Waals surface area contributed by atoms with Crippen LogP contribution in [0.2, 0.25) is 0 Å². The number of aromatic nitrogens is 2. The number of aryl methyl sites for hydroxylation is 2. The fourth-order valence-electron chi connectivity index (χ4n) is 1.84. The van der Waals surface area contributed by atoms with E-state index in [1.807, 2.05) is 27.7 Å². The second-order valence-electron chi connectivity index (χ2n) is 3.46. The van der Waals surface area contributed by atoms with E-state index < -0.39 is 0 Å². The highest BCUT2D eigenvalue weighted by Crippen LogP contribution is 2.23. The summed E-state index contributed by atoms with van der Waals surface area (Å²) in [5, 5.41) is 4.45. The Labute approximate surface area is 94.7 Å². The highest BCUT2D eigenvalue weighted by molar-refractivity contribution is 5.11. The lowest BCUT2D eigenvalue weighted by Gasteiger charge is -2.20. The van der Waals surface area contributed by atoms with Crippen LogP contribution in [-0.4, -0.2) is 9.78 Å². The van der Waals surface area contributed by atoms with Gasteiger partial charge >= 0.3 is 0 Å². The Morgan fingerprint density at radius 1 is 1.27 bits per heavy atom. The average Bonchev–Trinajstić information content (AvgIpc) is 2.66. The van der Waals surface area contributed by atoms with E-state index in [0.29, 0.717) is 6.04 Å². The zero-order valence-electron chi connectivity index (χ0n) is 11.2. The third-order valence-corrected chi connectivity index (χ3v) is 2.41. The fourth-order valence-corrected chi connectivity index (χ4v) is 1.84. The van der Waals surface area contributed by atoms with Crippen molar-refractivity contribution < 1.29 is 0 Å². The quantitative estimate of drug-likeness (QED) is 0.629. The van der Waals surface area contributed by atoms with Gasteiger partial charge in [0.2, 0.25) is 0 Å². The molecule has 0 saturated heterocycles. The van der Waals surface area contributed by atoms with Crippen molar-refractivity contribution in [2.45, 2.75) is 66.8 Å². The van der Waals surface area contributed by atoms with E-state index in [1.165, 1.54) is 25.0 Å². The van der Waals surface area contributed by atoms with E-state index >= 15 is 0 Å². The molecule has 0 radical (unpaired) electrons. The average molecular weight is 210 g/mol. The molecule has 0 amide bonds. The van der Waals surface area contributed by atoms with E-state index in [9.17, 15) is 0 Å². The summed E-state index contributed by atoms with van der Waals surface area (Å²) in [5.74, 6) is 0. The number of rotatable bonds is 0. The molecule has 2 rings (SSSR count). The molecule has 1 atom stereocenters. The van der Waals surface area contributed by atoms with Crippen LogP contribution in [0.25, 0.3) is 0 Å². The van der Waals surface area contributed by atoms with Crippen LogP contribution >= 0.6 is 0 Å². The van der Waals surface area contributed by atoms with E-state index in [0.717, 1.165) is 5.69 Å². The molecular formula is C13H26N2. The zero-order valence-corrected chi connectivity index (χ0v) is 11.2. The topological polar surface area (TPSA) is 17.8 Å². The van der Waals surface area contributed by atoms with Gasteiger partial charge in [0.1, 0.15) is 0 Å². The van der Waals surface area contributed by atoms with Crippen LogP contribution in [0.5, 0.6) is 0 Å². The van der Waals surface area contributed by atoms with Crippen molar-refractivity contribution in [3.05, 3.63) is 17.5 Å². The predicted molar refractivity (Wildman–Crippen MR) is 67.3 cm³/mol. The summed E-state index contributed by atoms with van der Waals surface area (Å²) in [6, 6.07) is 2.82. The van der Waals surface area contributed by atoms with E-state index in [-0.39, 0.29) is 0 Å². The van der Waals surface area contributed by atoms with Gasteiger partial charge in [-0.05, 0) is 39.2 Å². The van der Waals surface area contributed by atoms with Crippen molar-refractivity contribution in [1.82, 2.24) is 9.78 Å². The van der Waals surface area contributed by atoms with Crippen LogP contribution < -0.4 is 0 Å². The normalized spacial score (nSPS) is 17.9. The van der Waals surface area contributed by atoms with Crippen LogP contribution in [0.3, 0.4) is 0 Å². The summed E-state index contributed by atoms with van der Waals surface area (Å²) in [7, 11) is 0. The molecule has 0 aromatic carbocycles. The van der Waals surface area contributed by atoms with Gasteiger partial charge in [-0.1, -0.05) is 27.7 Å². The largest absolute Gasteiger partial charge is 0.267 e. The Hall–Kier alpha value is -0.790. The second kappa shape index (κ2) is 7.49. The van der Waals surface area contributed by atoms with Gasteiger partial charge in [-0.25, -0.2) is 0 Å². The molecule has 2 nitrogen and oxygen atoms in total. The van der Waals surface area contributed by atoms with Gasteiger partial charge in [0.25, 0.3) is 0 Å². The first-order valence-electron chi connectivity index (χ1n) is 6.32. The number of nitrogens with zero attached hydrogens (tertiary/aromatic N) is 2. The van der Waals surface area contributed by atoms with Crippen molar-refractivity contribution >= 4 is 0 Å². The van der Waals surface area contributed by atoms with Crippen LogP contribution in [0, 0.1) is 6.92 Å². The molecule has 2 heterocycles. The SMILES string of the molecule is CC.CC.Cc1cc2n(n1)C(C)CCC2. The van der Waals surface area contributed by atoms with Crippen molar-refractivity contribution in [2.75, 3.05) is 0 Å². The lowest BCUT2D eigenvalue weighted by atomic mass is 10.0. The van der Waals surface area contributed by atoms with Gasteiger partial charge < -0.3 is 0 Å². The third kappa shape index (κ3) is 3.69. The Morgan fingerprint density at radius 3 is 2.40 bits per heavy atom. The first-order chi connectivity index (χ1) is 7.27. The van der Waals surface area contributed by atoms with Gasteiger partial charge in [0.15, 0.2) is 0 Å². The summed E-state index contributed by atoms with van der Waals surface area (Å²) in [6.07, 6.45) is 3.82. The highest BCUT2D eigenvalue weighted by atomic mass is 15.3. The molecule has 1 aromatic heterocycles. The summed E-state index contributed by atoms with van der Waals surface area (Å²) >= 11 is 0. The molecule has 0 fully saturated rings. The summed E-state index contributed by atoms with van der Waals surface area (Å²) in [6.45, 7) is 12.3. The maximum absolute atomic E-state index is 4.45. The fraction of sp³-hybridized carbons (Fsp3) is 0.769. The maximum atomic E-state index is 4.45. The van der Waals surface area contributed by atoms with Crippen molar-refractivity contribution in [1.29, 1.82) is 0 Å². The first-order valence-corrected chi connectivity index (χ1v) is 6.32. The third-order valence-electron chi connectivity index (χ3n) is 2.41. The minimum atomic E-state index is 0.618. The van der Waals surface area contributed by atoms with Gasteiger partial charge in [-0.15, -0.1) is 0 Å². The monoisotopic (exact) mass is 210 g/mol. The molecule has 1 unspecified atom stereocenters. The first kappa shape index (κ1) is 14.2. The van der Waals surface area contributed by atoms with E-state index in [1.54, 1.807) is 0 Å². The smallest absolute Gasteiger partial charge is 0.0596 e. The minimum Gasteiger partial charge on any atom is -0.267 e. The van der Waals surface area contributed by atoms with Gasteiger partial charge in [-0.2, -0.15) is 5.10 Å². The molecule has 1 aromatic rings. The standard InChI is InChI=1S/C9H14N2.2C2H6/c1-7-6-9-5-3-4-8(2)11(9)10-7;2*1-2/h6,8H,3-5H2,1-2H3;2*1-2H3. The lowest BCUT2D eigenvalue weighted by molar-refractivity contribution is 0.392. The number of hydrogen-bond acceptors (Lipinski definition) is 1. The van der Waals surface area contributed by atoms with Crippen LogP contribution in [-0.2, 0) is 6.42 Å². The number of hydrogen-bond donors (Lipinski definition) is 0. The molecule has 88 valence electrons. The summed E-state index contributed by atoms with van der Waals surface area (Å²) in [4.78, 5) is 0. The van der Waals surface area contributed by atoms with Crippen LogP contribution in [0.4, 0.5) is 0 Å². The zero-order chi connectivity index (χ0) is 11.8. The molecule has 1 aliphatic heterocycles. The van der Waals surface area contributed by atoms with E-state index in [4.69, 9.17) is 0 Å². The maximum Gasteiger partial charge on any atom is 0.0596 e. The van der Waals surface area contributed by atoms with Crippen molar-refractivity contribution in [3.8, 4) is 0 Å². The molecule has 2 heteroatoms. The van der Waals surface area contributed by atoms with Crippen LogP contribution in [0.1, 0.15) is 64.9 Å². The van der Waals surface area contributed by atoms with E-state index in [2.05, 4.69) is 29.7 Å². The predicted octanol–water partition coefficient (Wildman–Crippen LogP) is 4.14. The molecule has 0 saturated carbocycles. The molecule has 0 bridgehead atoms. The molecule has 0 N–H and O–H groups in total.